The third-order valence-electron chi connectivity index (χ3n) is 3.47. The summed E-state index contributed by atoms with van der Waals surface area (Å²) in [6.07, 6.45) is 1.53. The fourth-order valence-electron chi connectivity index (χ4n) is 2.23. The molecule has 126 valence electrons. The van der Waals surface area contributed by atoms with E-state index >= 15 is 0 Å². The fourth-order valence-corrected chi connectivity index (χ4v) is 5.58. The molecule has 0 aliphatic heterocycles. The predicted molar refractivity (Wildman–Crippen MR) is 104 cm³/mol. The second kappa shape index (κ2) is 6.52. The molecule has 0 unspecified atom stereocenters. The Kier molecular flexibility index (Phi) is 4.75. The summed E-state index contributed by atoms with van der Waals surface area (Å²) < 4.78 is 2.85. The Balaban J connectivity index is 2.06. The number of rotatable bonds is 4. The van der Waals surface area contributed by atoms with E-state index in [2.05, 4.69) is 48.7 Å². The minimum atomic E-state index is -0.375. The number of hydrogen-bond donors (Lipinski definition) is 3. The zero-order valence-electron chi connectivity index (χ0n) is 13.6. The van der Waals surface area contributed by atoms with Crippen molar-refractivity contribution in [3.63, 3.8) is 0 Å². The number of anilines is 2. The van der Waals surface area contributed by atoms with E-state index in [1.165, 1.54) is 10.8 Å². The molecular weight excluding hydrogens is 407 g/mol. The summed E-state index contributed by atoms with van der Waals surface area (Å²) in [5, 5.41) is 3.31. The van der Waals surface area contributed by atoms with Crippen LogP contribution in [0.1, 0.15) is 39.3 Å². The quantitative estimate of drug-likeness (QED) is 0.443. The first kappa shape index (κ1) is 17.5. The summed E-state index contributed by atoms with van der Waals surface area (Å²) in [4.78, 5) is 21.6. The van der Waals surface area contributed by atoms with Gasteiger partial charge < -0.3 is 0 Å². The van der Waals surface area contributed by atoms with E-state index < -0.39 is 0 Å². The van der Waals surface area contributed by atoms with Crippen LogP contribution in [0.4, 0.5) is 11.5 Å². The number of hydrogen-bond acceptors (Lipinski definition) is 6. The van der Waals surface area contributed by atoms with Gasteiger partial charge in [0.1, 0.15) is 0 Å². The van der Waals surface area contributed by atoms with Crippen LogP contribution in [0.5, 0.6) is 0 Å². The molecule has 0 aliphatic carbocycles. The molecule has 0 fully saturated rings. The van der Waals surface area contributed by atoms with Gasteiger partial charge in [-0.15, -0.1) is 0 Å². The second-order valence-corrected chi connectivity index (χ2v) is 10.1. The van der Waals surface area contributed by atoms with Crippen molar-refractivity contribution in [1.82, 2.24) is 9.97 Å². The molecule has 0 radical (unpaired) electrons. The Hall–Kier alpha value is -1.34. The minimum absolute atomic E-state index is 0.00720. The molecule has 24 heavy (non-hydrogen) atoms. The average Bonchev–Trinajstić information content (AvgIpc) is 3.10. The van der Waals surface area contributed by atoms with E-state index in [-0.39, 0.29) is 25.8 Å². The van der Waals surface area contributed by atoms with Crippen LogP contribution in [-0.4, -0.2) is 30.4 Å². The maximum absolute atomic E-state index is 11.9. The number of carbonyl (C=O) groups is 1. The molecule has 0 saturated heterocycles. The van der Waals surface area contributed by atoms with Gasteiger partial charge in [-0.1, -0.05) is 0 Å². The van der Waals surface area contributed by atoms with Crippen molar-refractivity contribution >= 4 is 66.1 Å². The van der Waals surface area contributed by atoms with Crippen LogP contribution in [0.3, 0.4) is 0 Å². The number of carbonyl (C=O) groups excluding carboxylic acids is 1. The van der Waals surface area contributed by atoms with Crippen molar-refractivity contribution in [2.45, 2.75) is 31.9 Å². The van der Waals surface area contributed by atoms with Crippen molar-refractivity contribution < 1.29 is 4.79 Å². The topological polar surface area (TPSA) is 80.9 Å². The molecule has 0 aliphatic rings. The molecule has 0 saturated carbocycles. The van der Waals surface area contributed by atoms with Gasteiger partial charge in [0.25, 0.3) is 0 Å². The Bertz CT molecular complexity index is 911. The molecule has 0 bridgehead atoms. The fraction of sp³-hybridized carbons (Fsp3) is 0.312. The van der Waals surface area contributed by atoms with Gasteiger partial charge in [0, 0.05) is 0 Å². The van der Waals surface area contributed by atoms with Crippen molar-refractivity contribution in [1.29, 1.82) is 0 Å². The first-order valence-corrected chi connectivity index (χ1v) is 10.5. The van der Waals surface area contributed by atoms with Crippen molar-refractivity contribution in [3.05, 3.63) is 32.2 Å². The normalized spacial score (nSPS) is 11.8. The van der Waals surface area contributed by atoms with Gasteiger partial charge >= 0.3 is 156 Å². The van der Waals surface area contributed by atoms with Gasteiger partial charge in [0.2, 0.25) is 0 Å². The summed E-state index contributed by atoms with van der Waals surface area (Å²) in [5.74, 6) is 0.988. The van der Waals surface area contributed by atoms with Crippen LogP contribution in [0.2, 0.25) is 0 Å². The molecular formula is C16H18N4OS2Se. The molecule has 0 aromatic carbocycles. The van der Waals surface area contributed by atoms with E-state index in [1.807, 2.05) is 12.1 Å². The van der Waals surface area contributed by atoms with Crippen LogP contribution in [-0.2, 0) is 11.2 Å². The summed E-state index contributed by atoms with van der Waals surface area (Å²) in [6.45, 7) is 6.43. The zero-order valence-corrected chi connectivity index (χ0v) is 17.0. The van der Waals surface area contributed by atoms with Gasteiger partial charge in [-0.05, 0) is 0 Å². The molecule has 1 amide bonds. The molecule has 3 aromatic rings. The van der Waals surface area contributed by atoms with Crippen molar-refractivity contribution in [2.75, 3.05) is 5.32 Å². The summed E-state index contributed by atoms with van der Waals surface area (Å²) in [6, 6.07) is 4.05. The third kappa shape index (κ3) is 3.37. The van der Waals surface area contributed by atoms with Gasteiger partial charge in [-0.25, -0.2) is 0 Å². The number of thiophene rings is 1. The molecule has 3 aromatic heterocycles. The first-order valence-electron chi connectivity index (χ1n) is 7.35. The maximum atomic E-state index is 11.9. The number of amides is 1. The molecule has 3 N–H and O–H groups in total. The number of aromatic nitrogens is 2. The number of nitrogens with zero attached hydrogens (tertiary/aromatic N) is 2. The number of nitrogens with one attached hydrogen (secondary N) is 1. The standard InChI is InChI=1S/C16H18N4OS2Se/c1-16(2,3)11-5-10(13(24-11)14(17)21)20-15-12-9(18-7-19-15)4-8(6-22)23-12/h4-5,7,22H,6H2,1-3H3,(H2,17,21)(H,18,19,20). The second-order valence-electron chi connectivity index (χ2n) is 6.40. The molecule has 0 spiro atoms. The van der Waals surface area contributed by atoms with Crippen LogP contribution >= 0.6 is 24.0 Å². The monoisotopic (exact) mass is 426 g/mol. The Morgan fingerprint density at radius 3 is 2.75 bits per heavy atom. The zero-order chi connectivity index (χ0) is 17.5. The molecule has 3 rings (SSSR count). The number of fused-ring (bicyclic) bond motifs is 1. The van der Waals surface area contributed by atoms with Crippen molar-refractivity contribution in [2.24, 2.45) is 5.73 Å². The summed E-state index contributed by atoms with van der Waals surface area (Å²) >= 11 is 5.86. The average molecular weight is 425 g/mol. The van der Waals surface area contributed by atoms with Gasteiger partial charge in [0.05, 0.1) is 0 Å². The molecule has 8 heteroatoms. The van der Waals surface area contributed by atoms with Gasteiger partial charge in [-0.3, -0.25) is 0 Å². The summed E-state index contributed by atoms with van der Waals surface area (Å²) in [7, 11) is 0. The SMILES string of the molecule is CC(C)(C)c1cc(Nc2ncnc3cc(CS)sc23)c(C(N)=O)[se]1. The van der Waals surface area contributed by atoms with E-state index in [1.54, 1.807) is 11.3 Å². The number of thiol groups is 1. The van der Waals surface area contributed by atoms with Gasteiger partial charge in [-0.2, -0.15) is 0 Å². The Morgan fingerprint density at radius 2 is 2.12 bits per heavy atom. The first-order chi connectivity index (χ1) is 11.3. The van der Waals surface area contributed by atoms with E-state index in [9.17, 15) is 4.79 Å². The predicted octanol–water partition coefficient (Wildman–Crippen LogP) is 3.32. The van der Waals surface area contributed by atoms with Crippen LogP contribution in [0.25, 0.3) is 10.2 Å². The molecule has 0 atom stereocenters. The molecule has 3 heterocycles. The van der Waals surface area contributed by atoms with E-state index in [0.717, 1.165) is 20.8 Å². The van der Waals surface area contributed by atoms with Gasteiger partial charge in [0.15, 0.2) is 0 Å². The number of nitrogens with two attached hydrogens (primary N) is 1. The summed E-state index contributed by atoms with van der Waals surface area (Å²) in [5.41, 5.74) is 7.24. The van der Waals surface area contributed by atoms with Crippen LogP contribution < -0.4 is 11.1 Å². The van der Waals surface area contributed by atoms with Crippen LogP contribution in [0, 0.1) is 0 Å². The third-order valence-corrected chi connectivity index (χ3v) is 8.46. The van der Waals surface area contributed by atoms with E-state index in [0.29, 0.717) is 16.0 Å². The van der Waals surface area contributed by atoms with E-state index in [4.69, 9.17) is 5.73 Å². The van der Waals surface area contributed by atoms with Crippen molar-refractivity contribution in [3.8, 4) is 0 Å². The Morgan fingerprint density at radius 1 is 1.38 bits per heavy atom. The van der Waals surface area contributed by atoms with Crippen LogP contribution in [0.15, 0.2) is 18.5 Å². The molecule has 5 nitrogen and oxygen atoms in total. The number of primary amides is 1. The Labute approximate surface area is 155 Å².